The second kappa shape index (κ2) is 4.77. The van der Waals surface area contributed by atoms with Crippen LogP contribution in [0.2, 0.25) is 0 Å². The third-order valence-corrected chi connectivity index (χ3v) is 6.60. The molecule has 1 saturated carbocycles. The zero-order valence-electron chi connectivity index (χ0n) is 10.2. The molecule has 1 aliphatic heterocycles. The molecule has 16 heavy (non-hydrogen) atoms. The van der Waals surface area contributed by atoms with Gasteiger partial charge in [0.05, 0.1) is 18.9 Å². The van der Waals surface area contributed by atoms with E-state index < -0.39 is 7.60 Å². The van der Waals surface area contributed by atoms with Crippen LogP contribution in [0.25, 0.3) is 0 Å². The van der Waals surface area contributed by atoms with Crippen LogP contribution in [-0.2, 0) is 13.6 Å². The molecule has 0 aromatic carbocycles. The Kier molecular flexibility index (Phi) is 3.75. The summed E-state index contributed by atoms with van der Waals surface area (Å²) < 4.78 is 23.7. The summed E-state index contributed by atoms with van der Waals surface area (Å²) in [5, 5.41) is 3.36. The summed E-state index contributed by atoms with van der Waals surface area (Å²) in [5.74, 6) is 0. The van der Waals surface area contributed by atoms with Gasteiger partial charge in [-0.25, -0.2) is 0 Å². The van der Waals surface area contributed by atoms with Gasteiger partial charge in [-0.15, -0.1) is 0 Å². The quantitative estimate of drug-likeness (QED) is 0.758. The van der Waals surface area contributed by atoms with Crippen LogP contribution in [0.15, 0.2) is 0 Å². The van der Waals surface area contributed by atoms with Crippen molar-refractivity contribution in [2.24, 2.45) is 5.41 Å². The summed E-state index contributed by atoms with van der Waals surface area (Å²) in [4.78, 5) is 0. The Balaban J connectivity index is 2.15. The lowest BCUT2D eigenvalue weighted by Crippen LogP contribution is -2.41. The van der Waals surface area contributed by atoms with Gasteiger partial charge in [-0.1, -0.05) is 6.42 Å². The summed E-state index contributed by atoms with van der Waals surface area (Å²) in [6.45, 7) is 6.43. The minimum atomic E-state index is -2.92. The predicted octanol–water partition coefficient (Wildman–Crippen LogP) is 2.39. The van der Waals surface area contributed by atoms with Gasteiger partial charge in [0.2, 0.25) is 0 Å². The summed E-state index contributed by atoms with van der Waals surface area (Å²) in [6, 6.07) is 0. The third-order valence-electron chi connectivity index (χ3n) is 3.87. The maximum Gasteiger partial charge on any atom is 0.335 e. The van der Waals surface area contributed by atoms with Gasteiger partial charge in [-0.3, -0.25) is 4.57 Å². The number of nitrogens with one attached hydrogen (secondary N) is 1. The first-order chi connectivity index (χ1) is 7.67. The zero-order valence-corrected chi connectivity index (χ0v) is 11.1. The van der Waals surface area contributed by atoms with Crippen molar-refractivity contribution in [1.29, 1.82) is 0 Å². The second-order valence-electron chi connectivity index (χ2n) is 4.74. The molecule has 0 aromatic heterocycles. The Morgan fingerprint density at radius 1 is 1.31 bits per heavy atom. The molecule has 1 atom stereocenters. The van der Waals surface area contributed by atoms with E-state index in [1.54, 1.807) is 0 Å². The summed E-state index contributed by atoms with van der Waals surface area (Å²) in [5.41, 5.74) is 0.258. The van der Waals surface area contributed by atoms with Crippen LogP contribution in [-0.4, -0.2) is 32.0 Å². The van der Waals surface area contributed by atoms with Crippen LogP contribution in [0.3, 0.4) is 0 Å². The topological polar surface area (TPSA) is 47.6 Å². The van der Waals surface area contributed by atoms with E-state index in [4.69, 9.17) is 9.05 Å². The average Bonchev–Trinajstić information content (AvgIpc) is 2.62. The smallest absolute Gasteiger partial charge is 0.315 e. The Bertz CT molecular complexity index is 281. The van der Waals surface area contributed by atoms with Gasteiger partial charge < -0.3 is 14.4 Å². The minimum Gasteiger partial charge on any atom is -0.315 e. The molecular formula is C11H22NO3P. The molecule has 1 unspecified atom stereocenters. The van der Waals surface area contributed by atoms with Crippen LogP contribution in [0.4, 0.5) is 0 Å². The number of hydrogen-bond donors (Lipinski definition) is 1. The van der Waals surface area contributed by atoms with E-state index in [1.165, 1.54) is 6.42 Å². The van der Waals surface area contributed by atoms with E-state index in [-0.39, 0.29) is 11.1 Å². The van der Waals surface area contributed by atoms with Gasteiger partial charge in [0.15, 0.2) is 0 Å². The van der Waals surface area contributed by atoms with Crippen molar-refractivity contribution >= 4 is 7.60 Å². The summed E-state index contributed by atoms with van der Waals surface area (Å²) in [7, 11) is -2.92. The van der Waals surface area contributed by atoms with E-state index in [9.17, 15) is 4.57 Å². The molecule has 2 fully saturated rings. The van der Waals surface area contributed by atoms with Gasteiger partial charge in [-0.2, -0.15) is 0 Å². The van der Waals surface area contributed by atoms with E-state index >= 15 is 0 Å². The van der Waals surface area contributed by atoms with E-state index in [0.717, 1.165) is 25.9 Å². The van der Waals surface area contributed by atoms with Crippen molar-refractivity contribution in [2.75, 3.05) is 26.3 Å². The highest BCUT2D eigenvalue weighted by Crippen LogP contribution is 2.64. The highest BCUT2D eigenvalue weighted by Gasteiger charge is 2.56. The molecule has 2 aliphatic rings. The molecule has 1 saturated heterocycles. The molecule has 1 N–H and O–H groups in total. The lowest BCUT2D eigenvalue weighted by molar-refractivity contribution is 0.133. The lowest BCUT2D eigenvalue weighted by atomic mass is 9.68. The lowest BCUT2D eigenvalue weighted by Gasteiger charge is -2.44. The summed E-state index contributed by atoms with van der Waals surface area (Å²) in [6.07, 6.45) is 3.57. The maximum absolute atomic E-state index is 12.7. The highest BCUT2D eigenvalue weighted by atomic mass is 31.2. The zero-order chi connectivity index (χ0) is 11.6. The van der Waals surface area contributed by atoms with Crippen LogP contribution in [0.1, 0.15) is 33.1 Å². The molecule has 0 amide bonds. The Labute approximate surface area is 97.6 Å². The molecule has 1 aliphatic carbocycles. The normalized spacial score (nSPS) is 28.2. The molecule has 5 heteroatoms. The number of rotatable bonds is 5. The fraction of sp³-hybridized carbons (Fsp3) is 1.00. The fourth-order valence-electron chi connectivity index (χ4n) is 2.96. The van der Waals surface area contributed by atoms with Crippen molar-refractivity contribution in [2.45, 2.75) is 38.8 Å². The molecule has 0 bridgehead atoms. The van der Waals surface area contributed by atoms with Gasteiger partial charge in [0, 0.05) is 13.1 Å². The predicted molar refractivity (Wildman–Crippen MR) is 63.8 cm³/mol. The first kappa shape index (κ1) is 12.6. The van der Waals surface area contributed by atoms with Crippen LogP contribution >= 0.6 is 7.60 Å². The third kappa shape index (κ3) is 1.97. The van der Waals surface area contributed by atoms with E-state index in [2.05, 4.69) is 5.32 Å². The van der Waals surface area contributed by atoms with Crippen LogP contribution < -0.4 is 5.32 Å². The average molecular weight is 247 g/mol. The molecule has 0 aromatic rings. The minimum absolute atomic E-state index is 0.0636. The standard InChI is InChI=1S/C11H22NO3P/c1-3-14-16(13,15-4-2)10-8-12-9-11(10)6-5-7-11/h10,12H,3-9H2,1-2H3. The molecule has 1 heterocycles. The van der Waals surface area contributed by atoms with Crippen LogP contribution in [0.5, 0.6) is 0 Å². The molecule has 0 radical (unpaired) electrons. The van der Waals surface area contributed by atoms with E-state index in [0.29, 0.717) is 13.2 Å². The van der Waals surface area contributed by atoms with Gasteiger partial charge in [-0.05, 0) is 32.1 Å². The maximum atomic E-state index is 12.7. The first-order valence-electron chi connectivity index (χ1n) is 6.26. The Morgan fingerprint density at radius 2 is 1.94 bits per heavy atom. The first-order valence-corrected chi connectivity index (χ1v) is 7.87. The second-order valence-corrected chi connectivity index (χ2v) is 6.96. The molecular weight excluding hydrogens is 225 g/mol. The molecule has 2 rings (SSSR count). The molecule has 4 nitrogen and oxygen atoms in total. The fourth-order valence-corrected chi connectivity index (χ4v) is 5.48. The molecule has 1 spiro atoms. The van der Waals surface area contributed by atoms with Gasteiger partial charge >= 0.3 is 7.60 Å². The Hall–Kier alpha value is 0.110. The van der Waals surface area contributed by atoms with Crippen molar-refractivity contribution in [3.63, 3.8) is 0 Å². The van der Waals surface area contributed by atoms with Crippen molar-refractivity contribution < 1.29 is 13.6 Å². The Morgan fingerprint density at radius 3 is 2.38 bits per heavy atom. The van der Waals surface area contributed by atoms with Crippen LogP contribution in [0, 0.1) is 5.41 Å². The van der Waals surface area contributed by atoms with E-state index in [1.807, 2.05) is 13.8 Å². The highest BCUT2D eigenvalue weighted by molar-refractivity contribution is 7.54. The van der Waals surface area contributed by atoms with Crippen molar-refractivity contribution in [1.82, 2.24) is 5.32 Å². The largest absolute Gasteiger partial charge is 0.335 e. The van der Waals surface area contributed by atoms with Gasteiger partial charge in [0.1, 0.15) is 0 Å². The van der Waals surface area contributed by atoms with Gasteiger partial charge in [0.25, 0.3) is 0 Å². The van der Waals surface area contributed by atoms with Crippen molar-refractivity contribution in [3.8, 4) is 0 Å². The SMILES string of the molecule is CCOP(=O)(OCC)C1CNCC12CCC2. The monoisotopic (exact) mass is 247 g/mol. The molecule has 94 valence electrons. The number of hydrogen-bond acceptors (Lipinski definition) is 4. The summed E-state index contributed by atoms with van der Waals surface area (Å²) >= 11 is 0. The van der Waals surface area contributed by atoms with Crippen molar-refractivity contribution in [3.05, 3.63) is 0 Å².